The maximum atomic E-state index is 13.4. The number of anilines is 1. The number of thioether (sulfide) groups is 1. The van der Waals surface area contributed by atoms with Gasteiger partial charge in [-0.2, -0.15) is 5.26 Å². The van der Waals surface area contributed by atoms with Gasteiger partial charge in [-0.05, 0) is 54.7 Å². The molecule has 1 amide bonds. The minimum Gasteiger partial charge on any atom is -0.493 e. The summed E-state index contributed by atoms with van der Waals surface area (Å²) in [5.41, 5.74) is 2.89. The van der Waals surface area contributed by atoms with E-state index < -0.39 is 5.56 Å². The highest BCUT2D eigenvalue weighted by atomic mass is 32.2. The van der Waals surface area contributed by atoms with Crippen LogP contribution in [0.5, 0.6) is 11.5 Å². The molecule has 10 heteroatoms. The van der Waals surface area contributed by atoms with Crippen LogP contribution >= 0.6 is 24.0 Å². The van der Waals surface area contributed by atoms with Gasteiger partial charge in [-0.3, -0.25) is 19.1 Å². The first kappa shape index (κ1) is 28.9. The molecule has 0 radical (unpaired) electrons. The van der Waals surface area contributed by atoms with Crippen LogP contribution in [0.4, 0.5) is 5.82 Å². The highest BCUT2D eigenvalue weighted by Crippen LogP contribution is 2.35. The molecule has 40 heavy (non-hydrogen) atoms. The summed E-state index contributed by atoms with van der Waals surface area (Å²) in [5, 5.41) is 13.1. The maximum Gasteiger partial charge on any atom is 0.270 e. The Morgan fingerprint density at radius 2 is 1.77 bits per heavy atom. The lowest BCUT2D eigenvalue weighted by molar-refractivity contribution is -0.122. The van der Waals surface area contributed by atoms with Crippen molar-refractivity contribution in [3.8, 4) is 17.6 Å². The molecule has 1 aliphatic heterocycles. The molecule has 0 bridgehead atoms. The summed E-state index contributed by atoms with van der Waals surface area (Å²) < 4.78 is 12.6. The Balaban J connectivity index is 1.61. The van der Waals surface area contributed by atoms with Crippen LogP contribution in [0.1, 0.15) is 27.8 Å². The third-order valence-corrected chi connectivity index (χ3v) is 8.15. The first-order chi connectivity index (χ1) is 19.3. The van der Waals surface area contributed by atoms with Gasteiger partial charge in [0, 0.05) is 25.7 Å². The summed E-state index contributed by atoms with van der Waals surface area (Å²) in [7, 11) is 4.79. The highest BCUT2D eigenvalue weighted by Gasteiger charge is 2.32. The SMILES string of the molecule is COc1ccc(CCNc2c(/C=C3/SC(=S)N(CCc4ccccc4)C3=O)c(C)c(C#N)c(=O)n2C)cc1OC. The highest BCUT2D eigenvalue weighted by molar-refractivity contribution is 8.26. The molecule has 1 fully saturated rings. The van der Waals surface area contributed by atoms with E-state index in [1.807, 2.05) is 54.6 Å². The van der Waals surface area contributed by atoms with Crippen molar-refractivity contribution < 1.29 is 14.3 Å². The molecule has 4 rings (SSSR count). The molecule has 0 saturated carbocycles. The van der Waals surface area contributed by atoms with Crippen LogP contribution in [0.2, 0.25) is 0 Å². The van der Waals surface area contributed by atoms with Gasteiger partial charge in [-0.15, -0.1) is 0 Å². The largest absolute Gasteiger partial charge is 0.493 e. The van der Waals surface area contributed by atoms with Gasteiger partial charge in [0.05, 0.1) is 19.1 Å². The monoisotopic (exact) mass is 574 g/mol. The number of aromatic nitrogens is 1. The van der Waals surface area contributed by atoms with Crippen molar-refractivity contribution in [3.63, 3.8) is 0 Å². The lowest BCUT2D eigenvalue weighted by Gasteiger charge is -2.18. The smallest absolute Gasteiger partial charge is 0.270 e. The number of ether oxygens (including phenoxy) is 2. The van der Waals surface area contributed by atoms with Gasteiger partial charge in [0.2, 0.25) is 0 Å². The molecule has 206 valence electrons. The number of pyridine rings is 1. The number of amides is 1. The van der Waals surface area contributed by atoms with Crippen LogP contribution < -0.4 is 20.3 Å². The second-order valence-corrected chi connectivity index (χ2v) is 10.8. The normalized spacial score (nSPS) is 14.0. The van der Waals surface area contributed by atoms with E-state index >= 15 is 0 Å². The van der Waals surface area contributed by atoms with Crippen molar-refractivity contribution in [1.29, 1.82) is 5.26 Å². The standard InChI is InChI=1S/C30H30N4O4S2/c1-19-22(17-26-29(36)34(30(39)40-26)15-13-20-8-6-5-7-9-20)27(33(2)28(35)23(19)18-31)32-14-12-21-10-11-24(37-3)25(16-21)38-4/h5-11,16-17,32H,12-15H2,1-4H3/b26-17+. The van der Waals surface area contributed by atoms with Crippen molar-refractivity contribution in [2.45, 2.75) is 19.8 Å². The van der Waals surface area contributed by atoms with Gasteiger partial charge in [-0.1, -0.05) is 60.4 Å². The second kappa shape index (κ2) is 12.9. The fourth-order valence-electron chi connectivity index (χ4n) is 4.52. The van der Waals surface area contributed by atoms with E-state index in [9.17, 15) is 14.9 Å². The molecule has 0 spiro atoms. The van der Waals surface area contributed by atoms with Crippen molar-refractivity contribution in [3.05, 3.63) is 91.6 Å². The molecule has 1 aliphatic rings. The van der Waals surface area contributed by atoms with E-state index in [1.54, 1.807) is 39.2 Å². The summed E-state index contributed by atoms with van der Waals surface area (Å²) in [4.78, 5) is 28.4. The zero-order valence-electron chi connectivity index (χ0n) is 22.8. The summed E-state index contributed by atoms with van der Waals surface area (Å²) in [5.74, 6) is 1.62. The molecule has 0 unspecified atom stereocenters. The van der Waals surface area contributed by atoms with Crippen LogP contribution in [-0.2, 0) is 24.7 Å². The van der Waals surface area contributed by atoms with Gasteiger partial charge in [0.1, 0.15) is 21.8 Å². The molecular weight excluding hydrogens is 544 g/mol. The number of benzene rings is 2. The predicted molar refractivity (Wildman–Crippen MR) is 163 cm³/mol. The van der Waals surface area contributed by atoms with Crippen molar-refractivity contribution in [1.82, 2.24) is 9.47 Å². The average molecular weight is 575 g/mol. The third-order valence-electron chi connectivity index (χ3n) is 6.77. The van der Waals surface area contributed by atoms with Crippen LogP contribution in [0.3, 0.4) is 0 Å². The Labute approximate surface area is 243 Å². The number of carbonyl (C=O) groups is 1. The van der Waals surface area contributed by atoms with Gasteiger partial charge >= 0.3 is 0 Å². The zero-order valence-corrected chi connectivity index (χ0v) is 24.4. The Hall–Kier alpha value is -4.07. The summed E-state index contributed by atoms with van der Waals surface area (Å²) in [6.45, 7) is 2.69. The molecular formula is C30H30N4O4S2. The number of carbonyl (C=O) groups excluding carboxylic acids is 1. The molecule has 0 atom stereocenters. The molecule has 1 saturated heterocycles. The quantitative estimate of drug-likeness (QED) is 0.276. The molecule has 1 N–H and O–H groups in total. The van der Waals surface area contributed by atoms with Crippen LogP contribution in [0.25, 0.3) is 6.08 Å². The van der Waals surface area contributed by atoms with E-state index in [4.69, 9.17) is 21.7 Å². The number of hydrogen-bond acceptors (Lipinski definition) is 8. The van der Waals surface area contributed by atoms with Crippen LogP contribution in [0, 0.1) is 18.3 Å². The Bertz CT molecular complexity index is 1580. The molecule has 3 aromatic rings. The summed E-state index contributed by atoms with van der Waals surface area (Å²) >= 11 is 6.76. The third kappa shape index (κ3) is 6.06. The summed E-state index contributed by atoms with van der Waals surface area (Å²) in [6, 6.07) is 17.7. The summed E-state index contributed by atoms with van der Waals surface area (Å²) in [6.07, 6.45) is 3.05. The molecule has 2 aromatic carbocycles. The van der Waals surface area contributed by atoms with Gasteiger partial charge in [-0.25, -0.2) is 0 Å². The lowest BCUT2D eigenvalue weighted by Crippen LogP contribution is -2.30. The minimum absolute atomic E-state index is 0.0405. The van der Waals surface area contributed by atoms with Crippen LogP contribution in [0.15, 0.2) is 58.2 Å². The number of thiocarbonyl (C=S) groups is 1. The Kier molecular flexibility index (Phi) is 9.30. The lowest BCUT2D eigenvalue weighted by atomic mass is 10.0. The minimum atomic E-state index is -0.402. The fourth-order valence-corrected chi connectivity index (χ4v) is 5.81. The van der Waals surface area contributed by atoms with Crippen LogP contribution in [-0.4, -0.2) is 47.0 Å². The zero-order chi connectivity index (χ0) is 28.8. The number of rotatable bonds is 10. The van der Waals surface area contributed by atoms with E-state index in [0.717, 1.165) is 11.1 Å². The van der Waals surface area contributed by atoms with Gasteiger partial charge in [0.25, 0.3) is 11.5 Å². The van der Waals surface area contributed by atoms with E-state index in [-0.39, 0.29) is 11.5 Å². The number of nitrogens with one attached hydrogen (secondary N) is 1. The van der Waals surface area contributed by atoms with Crippen molar-refractivity contribution in [2.24, 2.45) is 7.05 Å². The first-order valence-corrected chi connectivity index (χ1v) is 13.9. The molecule has 1 aromatic heterocycles. The molecule has 0 aliphatic carbocycles. The second-order valence-electron chi connectivity index (χ2n) is 9.17. The van der Waals surface area contributed by atoms with Gasteiger partial charge in [0.15, 0.2) is 11.5 Å². The number of nitrogens with zero attached hydrogens (tertiary/aromatic N) is 3. The Morgan fingerprint density at radius 1 is 1.05 bits per heavy atom. The topological polar surface area (TPSA) is 96.6 Å². The number of nitriles is 1. The Morgan fingerprint density at radius 3 is 2.45 bits per heavy atom. The average Bonchev–Trinajstić information content (AvgIpc) is 3.24. The van der Waals surface area contributed by atoms with Crippen molar-refractivity contribution in [2.75, 3.05) is 32.6 Å². The maximum absolute atomic E-state index is 13.4. The van der Waals surface area contributed by atoms with E-state index in [1.165, 1.54) is 16.3 Å². The first-order valence-electron chi connectivity index (χ1n) is 12.7. The number of hydrogen-bond donors (Lipinski definition) is 1. The molecule has 8 nitrogen and oxygen atoms in total. The van der Waals surface area contributed by atoms with E-state index in [0.29, 0.717) is 63.6 Å². The van der Waals surface area contributed by atoms with E-state index in [2.05, 4.69) is 5.32 Å². The fraction of sp³-hybridized carbons (Fsp3) is 0.267. The molecule has 2 heterocycles. The number of methoxy groups -OCH3 is 2. The predicted octanol–water partition coefficient (Wildman–Crippen LogP) is 4.68. The van der Waals surface area contributed by atoms with Gasteiger partial charge < -0.3 is 14.8 Å². The van der Waals surface area contributed by atoms with Crippen molar-refractivity contribution >= 4 is 46.1 Å².